The molecule has 2 rings (SSSR count). The Morgan fingerprint density at radius 3 is 2.65 bits per heavy atom. The van der Waals surface area contributed by atoms with E-state index in [4.69, 9.17) is 4.98 Å². The van der Waals surface area contributed by atoms with Gasteiger partial charge >= 0.3 is 0 Å². The summed E-state index contributed by atoms with van der Waals surface area (Å²) < 4.78 is 0. The molecule has 2 aromatic rings. The number of anilines is 1. The van der Waals surface area contributed by atoms with Gasteiger partial charge in [-0.15, -0.1) is 0 Å². The molecule has 0 bridgehead atoms. The first kappa shape index (κ1) is 14.4. The zero-order valence-corrected chi connectivity index (χ0v) is 12.7. The van der Waals surface area contributed by atoms with Crippen molar-refractivity contribution in [2.75, 3.05) is 18.5 Å². The molecule has 0 unspecified atom stereocenters. The summed E-state index contributed by atoms with van der Waals surface area (Å²) in [5.74, 6) is 1.77. The highest BCUT2D eigenvalue weighted by atomic mass is 15.2. The molecule has 106 valence electrons. The molecule has 2 heterocycles. The second-order valence-corrected chi connectivity index (χ2v) is 5.10. The lowest BCUT2D eigenvalue weighted by Gasteiger charge is -2.21. The first-order valence-corrected chi connectivity index (χ1v) is 7.10. The van der Waals surface area contributed by atoms with E-state index in [1.165, 1.54) is 12.8 Å². The molecule has 0 amide bonds. The van der Waals surface area contributed by atoms with Gasteiger partial charge in [0.25, 0.3) is 0 Å². The Morgan fingerprint density at radius 2 is 2.00 bits per heavy atom. The van der Waals surface area contributed by atoms with E-state index in [1.807, 2.05) is 19.1 Å². The highest BCUT2D eigenvalue weighted by Gasteiger charge is 2.12. The van der Waals surface area contributed by atoms with Gasteiger partial charge in [-0.25, -0.2) is 9.97 Å². The van der Waals surface area contributed by atoms with Gasteiger partial charge in [0.15, 0.2) is 5.82 Å². The number of aromatic nitrogens is 3. The fourth-order valence-corrected chi connectivity index (χ4v) is 2.11. The smallest absolute Gasteiger partial charge is 0.163 e. The van der Waals surface area contributed by atoms with Crippen LogP contribution in [-0.4, -0.2) is 28.5 Å². The summed E-state index contributed by atoms with van der Waals surface area (Å²) in [4.78, 5) is 15.7. The molecule has 0 aliphatic carbocycles. The minimum atomic E-state index is 0.750. The number of unbranched alkanes of at least 4 members (excludes halogenated alkanes) is 1. The van der Waals surface area contributed by atoms with E-state index >= 15 is 0 Å². The first-order chi connectivity index (χ1) is 9.63. The molecule has 0 saturated heterocycles. The van der Waals surface area contributed by atoms with E-state index in [0.29, 0.717) is 0 Å². The largest absolute Gasteiger partial charge is 0.359 e. The molecule has 0 spiro atoms. The van der Waals surface area contributed by atoms with Gasteiger partial charge in [-0.2, -0.15) is 0 Å². The molecule has 4 nitrogen and oxygen atoms in total. The first-order valence-electron chi connectivity index (χ1n) is 7.10. The van der Waals surface area contributed by atoms with Crippen LogP contribution in [0.5, 0.6) is 0 Å². The van der Waals surface area contributed by atoms with Gasteiger partial charge < -0.3 is 4.90 Å². The topological polar surface area (TPSA) is 41.9 Å². The number of hydrogen-bond donors (Lipinski definition) is 0. The van der Waals surface area contributed by atoms with Gasteiger partial charge in [-0.3, -0.25) is 4.98 Å². The van der Waals surface area contributed by atoms with Crippen LogP contribution in [-0.2, 0) is 0 Å². The van der Waals surface area contributed by atoms with E-state index in [-0.39, 0.29) is 0 Å². The Labute approximate surface area is 120 Å². The van der Waals surface area contributed by atoms with Crippen molar-refractivity contribution in [3.8, 4) is 11.4 Å². The Bertz CT molecular complexity index is 566. The molecule has 0 aliphatic rings. The van der Waals surface area contributed by atoms with Crippen LogP contribution < -0.4 is 4.90 Å². The maximum Gasteiger partial charge on any atom is 0.163 e. The maximum absolute atomic E-state index is 4.73. The summed E-state index contributed by atoms with van der Waals surface area (Å²) >= 11 is 0. The van der Waals surface area contributed by atoms with Gasteiger partial charge in [0, 0.05) is 42.8 Å². The van der Waals surface area contributed by atoms with E-state index in [2.05, 4.69) is 35.8 Å². The normalized spacial score (nSPS) is 10.6. The summed E-state index contributed by atoms with van der Waals surface area (Å²) in [6.07, 6.45) is 5.92. The molecule has 0 atom stereocenters. The number of hydrogen-bond acceptors (Lipinski definition) is 4. The average Bonchev–Trinajstić information content (AvgIpc) is 2.48. The zero-order chi connectivity index (χ0) is 14.5. The van der Waals surface area contributed by atoms with Crippen LogP contribution in [0.4, 0.5) is 5.82 Å². The van der Waals surface area contributed by atoms with Crippen LogP contribution in [0.2, 0.25) is 0 Å². The predicted octanol–water partition coefficient (Wildman–Crippen LogP) is 3.39. The van der Waals surface area contributed by atoms with Crippen molar-refractivity contribution in [2.24, 2.45) is 0 Å². The average molecular weight is 270 g/mol. The molecule has 0 fully saturated rings. The number of aryl methyl sites for hydroxylation is 1. The second kappa shape index (κ2) is 6.46. The van der Waals surface area contributed by atoms with E-state index in [0.717, 1.165) is 35.0 Å². The molecule has 2 aromatic heterocycles. The third-order valence-corrected chi connectivity index (χ3v) is 3.49. The fourth-order valence-electron chi connectivity index (χ4n) is 2.11. The fraction of sp³-hybridized carbons (Fsp3) is 0.438. The summed E-state index contributed by atoms with van der Waals surface area (Å²) in [7, 11) is 2.09. The van der Waals surface area contributed by atoms with Gasteiger partial charge in [0.1, 0.15) is 5.82 Å². The van der Waals surface area contributed by atoms with Crippen molar-refractivity contribution in [3.63, 3.8) is 0 Å². The molecule has 0 saturated carbocycles. The summed E-state index contributed by atoms with van der Waals surface area (Å²) in [5, 5.41) is 0. The number of rotatable bonds is 5. The molecule has 4 heteroatoms. The van der Waals surface area contributed by atoms with Crippen LogP contribution in [0.3, 0.4) is 0 Å². The minimum absolute atomic E-state index is 0.750. The molecule has 0 aliphatic heterocycles. The highest BCUT2D eigenvalue weighted by Crippen LogP contribution is 2.23. The Balaban J connectivity index is 2.40. The highest BCUT2D eigenvalue weighted by molar-refractivity contribution is 5.59. The molecule has 0 radical (unpaired) electrons. The van der Waals surface area contributed by atoms with E-state index in [9.17, 15) is 0 Å². The quantitative estimate of drug-likeness (QED) is 0.835. The van der Waals surface area contributed by atoms with Crippen molar-refractivity contribution in [2.45, 2.75) is 33.6 Å². The van der Waals surface area contributed by atoms with E-state index < -0.39 is 0 Å². The van der Waals surface area contributed by atoms with Gasteiger partial charge in [-0.1, -0.05) is 13.3 Å². The van der Waals surface area contributed by atoms with Crippen LogP contribution in [0, 0.1) is 13.8 Å². The van der Waals surface area contributed by atoms with Crippen LogP contribution >= 0.6 is 0 Å². The van der Waals surface area contributed by atoms with Crippen molar-refractivity contribution < 1.29 is 0 Å². The molecule has 20 heavy (non-hydrogen) atoms. The maximum atomic E-state index is 4.73. The van der Waals surface area contributed by atoms with Crippen molar-refractivity contribution >= 4 is 5.82 Å². The van der Waals surface area contributed by atoms with Crippen molar-refractivity contribution in [3.05, 3.63) is 35.8 Å². The summed E-state index contributed by atoms with van der Waals surface area (Å²) in [6.45, 7) is 7.33. The third-order valence-electron chi connectivity index (χ3n) is 3.49. The lowest BCUT2D eigenvalue weighted by atomic mass is 10.2. The molecule has 0 aromatic carbocycles. The lowest BCUT2D eigenvalue weighted by Crippen LogP contribution is -2.21. The van der Waals surface area contributed by atoms with Gasteiger partial charge in [0.05, 0.1) is 0 Å². The minimum Gasteiger partial charge on any atom is -0.359 e. The molecular weight excluding hydrogens is 248 g/mol. The third kappa shape index (κ3) is 3.13. The second-order valence-electron chi connectivity index (χ2n) is 5.10. The lowest BCUT2D eigenvalue weighted by molar-refractivity contribution is 0.755. The Hall–Kier alpha value is -1.97. The van der Waals surface area contributed by atoms with E-state index in [1.54, 1.807) is 12.4 Å². The van der Waals surface area contributed by atoms with Crippen LogP contribution in [0.1, 0.15) is 31.0 Å². The number of nitrogens with zero attached hydrogens (tertiary/aromatic N) is 4. The number of pyridine rings is 1. The molecular formula is C16H22N4. The monoisotopic (exact) mass is 270 g/mol. The van der Waals surface area contributed by atoms with Crippen molar-refractivity contribution in [1.82, 2.24) is 15.0 Å². The summed E-state index contributed by atoms with van der Waals surface area (Å²) in [6, 6.07) is 3.90. The molecule has 0 N–H and O–H groups in total. The SMILES string of the molecule is CCCCN(C)c1nc(-c2cccnc2)nc(C)c1C. The summed E-state index contributed by atoms with van der Waals surface area (Å²) in [5.41, 5.74) is 3.13. The van der Waals surface area contributed by atoms with Gasteiger partial charge in [-0.05, 0) is 32.4 Å². The Morgan fingerprint density at radius 1 is 1.20 bits per heavy atom. The zero-order valence-electron chi connectivity index (χ0n) is 12.7. The van der Waals surface area contributed by atoms with Crippen LogP contribution in [0.25, 0.3) is 11.4 Å². The van der Waals surface area contributed by atoms with Gasteiger partial charge in [0.2, 0.25) is 0 Å². The van der Waals surface area contributed by atoms with Crippen LogP contribution in [0.15, 0.2) is 24.5 Å². The Kier molecular flexibility index (Phi) is 4.66. The predicted molar refractivity (Wildman–Crippen MR) is 82.9 cm³/mol. The standard InChI is InChI=1S/C16H22N4/c1-5-6-10-20(4)16-12(2)13(3)18-15(19-16)14-8-7-9-17-11-14/h7-9,11H,5-6,10H2,1-4H3. The van der Waals surface area contributed by atoms with Crippen molar-refractivity contribution in [1.29, 1.82) is 0 Å².